The van der Waals surface area contributed by atoms with Gasteiger partial charge in [-0.2, -0.15) is 0 Å². The van der Waals surface area contributed by atoms with Crippen LogP contribution in [0, 0.1) is 6.92 Å². The van der Waals surface area contributed by atoms with Gasteiger partial charge in [0, 0.05) is 11.8 Å². The quantitative estimate of drug-likeness (QED) is 0.250. The molecule has 0 aliphatic carbocycles. The summed E-state index contributed by atoms with van der Waals surface area (Å²) in [5, 5.41) is 0. The number of benzene rings is 2. The number of aromatic amines is 1. The highest BCUT2D eigenvalue weighted by molar-refractivity contribution is 6.69. The Balaban J connectivity index is 1.55. The van der Waals surface area contributed by atoms with E-state index in [1.807, 2.05) is 62.1 Å². The summed E-state index contributed by atoms with van der Waals surface area (Å²) in [7, 11) is -2.14. The Morgan fingerprint density at radius 1 is 1.05 bits per heavy atom. The average Bonchev–Trinajstić information content (AvgIpc) is 3.20. The molecule has 1 aliphatic heterocycles. The summed E-state index contributed by atoms with van der Waals surface area (Å²) in [5.74, 6) is -0.512. The van der Waals surface area contributed by atoms with E-state index in [0.29, 0.717) is 11.1 Å². The molecule has 0 spiro atoms. The van der Waals surface area contributed by atoms with Crippen molar-refractivity contribution >= 4 is 14.3 Å². The molecule has 2 aromatic carbocycles. The van der Waals surface area contributed by atoms with Crippen LogP contribution in [0.25, 0.3) is 11.1 Å². The predicted octanol–water partition coefficient (Wildman–Crippen LogP) is 4.02. The van der Waals surface area contributed by atoms with Gasteiger partial charge in [0.25, 0.3) is 5.56 Å². The van der Waals surface area contributed by atoms with Crippen molar-refractivity contribution in [2.24, 2.45) is 0 Å². The molecule has 0 unspecified atom stereocenters. The highest BCUT2D eigenvalue weighted by Gasteiger charge is 2.50. The van der Waals surface area contributed by atoms with E-state index in [1.165, 1.54) is 17.0 Å². The maximum atomic E-state index is 12.9. The van der Waals surface area contributed by atoms with Crippen molar-refractivity contribution in [1.82, 2.24) is 9.55 Å². The van der Waals surface area contributed by atoms with Crippen molar-refractivity contribution in [1.29, 1.82) is 0 Å². The van der Waals surface area contributed by atoms with E-state index in [0.717, 1.165) is 11.1 Å². The van der Waals surface area contributed by atoms with Crippen LogP contribution in [0.2, 0.25) is 19.6 Å². The molecule has 1 N–H and O–H groups in total. The van der Waals surface area contributed by atoms with Gasteiger partial charge in [-0.1, -0.05) is 49.0 Å². The minimum atomic E-state index is -2.14. The number of carbonyl (C=O) groups excluding carboxylic acids is 1. The van der Waals surface area contributed by atoms with E-state index in [4.69, 9.17) is 18.6 Å². The first-order chi connectivity index (χ1) is 18.1. The molecule has 3 aromatic rings. The monoisotopic (exact) mass is 536 g/mol. The maximum absolute atomic E-state index is 12.9. The summed E-state index contributed by atoms with van der Waals surface area (Å²) < 4.78 is 25.3. The average molecular weight is 537 g/mol. The number of hydrogen-bond donors (Lipinski definition) is 1. The zero-order valence-electron chi connectivity index (χ0n) is 21.9. The van der Waals surface area contributed by atoms with Gasteiger partial charge >= 0.3 is 11.7 Å². The largest absolute Gasteiger partial charge is 0.491 e. The first-order valence-electron chi connectivity index (χ1n) is 12.3. The predicted molar refractivity (Wildman–Crippen MR) is 145 cm³/mol. The van der Waals surface area contributed by atoms with Gasteiger partial charge in [-0.25, -0.2) is 9.59 Å². The Hall–Kier alpha value is -3.73. The van der Waals surface area contributed by atoms with Gasteiger partial charge in [-0.15, -0.1) is 0 Å². The molecule has 1 saturated heterocycles. The highest BCUT2D eigenvalue weighted by Crippen LogP contribution is 2.35. The first kappa shape index (κ1) is 27.3. The summed E-state index contributed by atoms with van der Waals surface area (Å²) >= 11 is 0. The van der Waals surface area contributed by atoms with Crippen LogP contribution in [0.1, 0.15) is 22.1 Å². The fourth-order valence-electron chi connectivity index (χ4n) is 4.32. The fraction of sp³-hybridized carbons (Fsp3) is 0.321. The van der Waals surface area contributed by atoms with Crippen LogP contribution in [-0.4, -0.2) is 48.8 Å². The third-order valence-electron chi connectivity index (χ3n) is 6.05. The molecule has 0 saturated carbocycles. The molecule has 1 aromatic heterocycles. The van der Waals surface area contributed by atoms with Crippen LogP contribution >= 0.6 is 0 Å². The molecule has 1 fully saturated rings. The van der Waals surface area contributed by atoms with Gasteiger partial charge in [-0.05, 0) is 49.8 Å². The zero-order chi connectivity index (χ0) is 27.4. The molecule has 0 amide bonds. The standard InChI is InChI=1S/C28H32N2O7Si/c1-6-34-24-23(37-38(3,4)5)22(36-26(24)30-16-18(2)25(31)29-28(30)33)17-35-27(32)21-14-12-20(13-15-21)19-10-8-7-9-11-19/h6-16,22-24,26H,1,17H2,2-5H3,(H,29,31,33)/t22-,23-,24-,26-/m1/s1. The van der Waals surface area contributed by atoms with Crippen LogP contribution in [0.3, 0.4) is 0 Å². The Morgan fingerprint density at radius 3 is 2.34 bits per heavy atom. The molecule has 0 radical (unpaired) electrons. The lowest BCUT2D eigenvalue weighted by Crippen LogP contribution is -2.45. The number of aromatic nitrogens is 2. The summed E-state index contributed by atoms with van der Waals surface area (Å²) in [4.78, 5) is 39.7. The van der Waals surface area contributed by atoms with Crippen molar-refractivity contribution in [3.05, 3.63) is 106 Å². The molecule has 2 heterocycles. The van der Waals surface area contributed by atoms with Crippen molar-refractivity contribution in [2.75, 3.05) is 6.61 Å². The van der Waals surface area contributed by atoms with E-state index in [2.05, 4.69) is 11.6 Å². The molecule has 4 atom stereocenters. The molecule has 4 rings (SSSR count). The van der Waals surface area contributed by atoms with E-state index < -0.39 is 50.1 Å². The number of carbonyl (C=O) groups is 1. The van der Waals surface area contributed by atoms with Crippen molar-refractivity contribution in [2.45, 2.75) is 51.1 Å². The van der Waals surface area contributed by atoms with Gasteiger partial charge in [0.1, 0.15) is 18.8 Å². The fourth-order valence-corrected chi connectivity index (χ4v) is 5.42. The molecule has 38 heavy (non-hydrogen) atoms. The van der Waals surface area contributed by atoms with E-state index in [9.17, 15) is 14.4 Å². The van der Waals surface area contributed by atoms with Gasteiger partial charge in [0.15, 0.2) is 20.6 Å². The maximum Gasteiger partial charge on any atom is 0.338 e. The smallest absolute Gasteiger partial charge is 0.338 e. The second kappa shape index (κ2) is 11.3. The molecule has 1 aliphatic rings. The van der Waals surface area contributed by atoms with E-state index in [-0.39, 0.29) is 6.61 Å². The number of esters is 1. The number of nitrogens with one attached hydrogen (secondary N) is 1. The van der Waals surface area contributed by atoms with Crippen molar-refractivity contribution in [3.63, 3.8) is 0 Å². The van der Waals surface area contributed by atoms with Gasteiger partial charge in [0.05, 0.1) is 11.8 Å². The lowest BCUT2D eigenvalue weighted by molar-refractivity contribution is -0.0608. The van der Waals surface area contributed by atoms with Gasteiger partial charge in [-0.3, -0.25) is 14.3 Å². The molecular formula is C28H32N2O7Si. The zero-order valence-corrected chi connectivity index (χ0v) is 22.9. The second-order valence-electron chi connectivity index (χ2n) is 10.0. The summed E-state index contributed by atoms with van der Waals surface area (Å²) in [5.41, 5.74) is 1.63. The van der Waals surface area contributed by atoms with E-state index >= 15 is 0 Å². The van der Waals surface area contributed by atoms with Crippen LogP contribution in [-0.2, 0) is 18.6 Å². The number of H-pyrrole nitrogens is 1. The topological polar surface area (TPSA) is 109 Å². The van der Waals surface area contributed by atoms with Crippen LogP contribution in [0.4, 0.5) is 0 Å². The summed E-state index contributed by atoms with van der Waals surface area (Å²) in [6.45, 7) is 11.2. The molecule has 9 nitrogen and oxygen atoms in total. The minimum absolute atomic E-state index is 0.126. The molecule has 200 valence electrons. The highest BCUT2D eigenvalue weighted by atomic mass is 28.4. The Bertz CT molecular complexity index is 1390. The Morgan fingerprint density at radius 2 is 1.71 bits per heavy atom. The number of aryl methyl sites for hydroxylation is 1. The van der Waals surface area contributed by atoms with Crippen LogP contribution < -0.4 is 11.2 Å². The third kappa shape index (κ3) is 6.21. The van der Waals surface area contributed by atoms with Crippen LogP contribution in [0.5, 0.6) is 0 Å². The SMILES string of the molecule is C=CO[C@@H]1[C@H](O[Si](C)(C)C)[C@@H](COC(=O)c2ccc(-c3ccccc3)cc2)O[C@H]1n1cc(C)c(=O)[nH]c1=O. The number of hydrogen-bond acceptors (Lipinski definition) is 7. The normalized spacial score (nSPS) is 21.2. The second-order valence-corrected chi connectivity index (χ2v) is 14.5. The summed E-state index contributed by atoms with van der Waals surface area (Å²) in [6.07, 6.45) is -0.421. The number of ether oxygens (including phenoxy) is 3. The van der Waals surface area contributed by atoms with Crippen molar-refractivity contribution < 1.29 is 23.4 Å². The van der Waals surface area contributed by atoms with Crippen LogP contribution in [0.15, 0.2) is 83.2 Å². The van der Waals surface area contributed by atoms with Crippen molar-refractivity contribution in [3.8, 4) is 11.1 Å². The van der Waals surface area contributed by atoms with Gasteiger partial charge < -0.3 is 18.6 Å². The lowest BCUT2D eigenvalue weighted by atomic mass is 10.0. The third-order valence-corrected chi connectivity index (χ3v) is 7.03. The molecule has 10 heteroatoms. The van der Waals surface area contributed by atoms with E-state index in [1.54, 1.807) is 19.1 Å². The number of rotatable bonds is 9. The lowest BCUT2D eigenvalue weighted by Gasteiger charge is -2.30. The Kier molecular flexibility index (Phi) is 8.15. The van der Waals surface area contributed by atoms with Gasteiger partial charge in [0.2, 0.25) is 0 Å². The molecular weight excluding hydrogens is 504 g/mol. The Labute approximate surface area is 221 Å². The minimum Gasteiger partial charge on any atom is -0.491 e. The first-order valence-corrected chi connectivity index (χ1v) is 15.7. The molecule has 0 bridgehead atoms. The number of nitrogens with zero attached hydrogens (tertiary/aromatic N) is 1. The summed E-state index contributed by atoms with van der Waals surface area (Å²) in [6, 6.07) is 17.0.